The average molecular weight is 317 g/mol. The molecule has 17 heavy (non-hydrogen) atoms. The lowest BCUT2D eigenvalue weighted by Gasteiger charge is -2.03. The molecule has 2 rings (SSSR count). The van der Waals surface area contributed by atoms with E-state index in [2.05, 4.69) is 26.1 Å². The van der Waals surface area contributed by atoms with Crippen molar-refractivity contribution >= 4 is 27.7 Å². The predicted octanol–water partition coefficient (Wildman–Crippen LogP) is 2.49. The summed E-state index contributed by atoms with van der Waals surface area (Å²) in [4.78, 5) is 0. The molecule has 0 aliphatic carbocycles. The van der Waals surface area contributed by atoms with Crippen molar-refractivity contribution in [3.8, 4) is 0 Å². The number of halogens is 2. The minimum Gasteiger partial charge on any atom is -0.336 e. The van der Waals surface area contributed by atoms with Gasteiger partial charge in [0.15, 0.2) is 0 Å². The third-order valence-electron chi connectivity index (χ3n) is 2.21. The van der Waals surface area contributed by atoms with Crippen LogP contribution >= 0.6 is 27.7 Å². The Kier molecular flexibility index (Phi) is 3.68. The van der Waals surface area contributed by atoms with Gasteiger partial charge in [-0.05, 0) is 24.6 Å². The van der Waals surface area contributed by atoms with Gasteiger partial charge in [0.05, 0.1) is 0 Å². The van der Waals surface area contributed by atoms with Gasteiger partial charge in [-0.15, -0.1) is 10.2 Å². The summed E-state index contributed by atoms with van der Waals surface area (Å²) in [5.74, 6) is 6.55. The van der Waals surface area contributed by atoms with Crippen LogP contribution in [0.5, 0.6) is 0 Å². The van der Waals surface area contributed by atoms with Crippen molar-refractivity contribution in [3.63, 3.8) is 0 Å². The zero-order chi connectivity index (χ0) is 12.4. The number of aromatic nitrogens is 3. The van der Waals surface area contributed by atoms with Crippen molar-refractivity contribution in [1.82, 2.24) is 14.9 Å². The molecule has 0 spiro atoms. The zero-order valence-corrected chi connectivity index (χ0v) is 11.4. The molecular formula is C10H10BrFN4S. The molecule has 0 aliphatic heterocycles. The van der Waals surface area contributed by atoms with Crippen LogP contribution in [0.4, 0.5) is 4.39 Å². The van der Waals surface area contributed by atoms with Crippen LogP contribution < -0.4 is 5.84 Å². The number of nitrogens with zero attached hydrogens (tertiary/aromatic N) is 3. The van der Waals surface area contributed by atoms with Gasteiger partial charge in [-0.2, -0.15) is 0 Å². The molecule has 0 amide bonds. The number of hydrogen-bond donors (Lipinski definition) is 1. The molecule has 1 aromatic heterocycles. The molecule has 0 fully saturated rings. The van der Waals surface area contributed by atoms with Gasteiger partial charge in [0.2, 0.25) is 5.16 Å². The van der Waals surface area contributed by atoms with Gasteiger partial charge in [0.1, 0.15) is 11.6 Å². The highest BCUT2D eigenvalue weighted by molar-refractivity contribution is 9.10. The topological polar surface area (TPSA) is 56.7 Å². The summed E-state index contributed by atoms with van der Waals surface area (Å²) in [5.41, 5.74) is 0.610. The number of thioether (sulfide) groups is 1. The third-order valence-corrected chi connectivity index (χ3v) is 3.69. The van der Waals surface area contributed by atoms with Crippen LogP contribution in [-0.4, -0.2) is 14.9 Å². The van der Waals surface area contributed by atoms with Crippen molar-refractivity contribution in [2.75, 3.05) is 5.84 Å². The number of benzene rings is 1. The first-order valence-corrected chi connectivity index (χ1v) is 6.59. The molecule has 1 aromatic carbocycles. The molecule has 7 heteroatoms. The van der Waals surface area contributed by atoms with Gasteiger partial charge in [-0.1, -0.05) is 33.8 Å². The van der Waals surface area contributed by atoms with Crippen LogP contribution in [0.15, 0.2) is 27.8 Å². The summed E-state index contributed by atoms with van der Waals surface area (Å²) in [6.07, 6.45) is 0. The lowest BCUT2D eigenvalue weighted by atomic mass is 10.2. The Morgan fingerprint density at radius 2 is 2.24 bits per heavy atom. The van der Waals surface area contributed by atoms with Crippen molar-refractivity contribution in [1.29, 1.82) is 0 Å². The molecule has 0 saturated carbocycles. The van der Waals surface area contributed by atoms with Crippen molar-refractivity contribution in [3.05, 3.63) is 39.9 Å². The van der Waals surface area contributed by atoms with E-state index in [-0.39, 0.29) is 5.82 Å². The van der Waals surface area contributed by atoms with Gasteiger partial charge in [-0.25, -0.2) is 9.07 Å². The molecule has 0 aliphatic rings. The second kappa shape index (κ2) is 5.05. The summed E-state index contributed by atoms with van der Waals surface area (Å²) in [6.45, 7) is 1.76. The quantitative estimate of drug-likeness (QED) is 0.698. The van der Waals surface area contributed by atoms with E-state index >= 15 is 0 Å². The predicted molar refractivity (Wildman–Crippen MR) is 68.6 cm³/mol. The molecule has 2 aromatic rings. The maximum absolute atomic E-state index is 13.5. The van der Waals surface area contributed by atoms with Gasteiger partial charge in [-0.3, -0.25) is 0 Å². The fourth-order valence-corrected chi connectivity index (χ4v) is 2.45. The smallest absolute Gasteiger partial charge is 0.210 e. The van der Waals surface area contributed by atoms with Crippen molar-refractivity contribution in [2.24, 2.45) is 0 Å². The summed E-state index contributed by atoms with van der Waals surface area (Å²) in [7, 11) is 0. The second-order valence-electron chi connectivity index (χ2n) is 3.42. The van der Waals surface area contributed by atoms with E-state index in [1.54, 1.807) is 19.1 Å². The van der Waals surface area contributed by atoms with Crippen molar-refractivity contribution < 1.29 is 4.39 Å². The third kappa shape index (κ3) is 2.78. The van der Waals surface area contributed by atoms with Crippen LogP contribution in [0.2, 0.25) is 0 Å². The maximum atomic E-state index is 13.5. The second-order valence-corrected chi connectivity index (χ2v) is 5.28. The lowest BCUT2D eigenvalue weighted by molar-refractivity contribution is 0.616. The number of hydrogen-bond acceptors (Lipinski definition) is 4. The first-order valence-electron chi connectivity index (χ1n) is 4.81. The maximum Gasteiger partial charge on any atom is 0.210 e. The van der Waals surface area contributed by atoms with E-state index in [0.717, 1.165) is 4.47 Å². The monoisotopic (exact) mass is 316 g/mol. The van der Waals surface area contributed by atoms with E-state index in [9.17, 15) is 4.39 Å². The number of nitrogens with two attached hydrogens (primary N) is 1. The minimum absolute atomic E-state index is 0.244. The number of rotatable bonds is 3. The minimum atomic E-state index is -0.244. The Bertz CT molecular complexity index is 543. The fourth-order valence-electron chi connectivity index (χ4n) is 1.23. The van der Waals surface area contributed by atoms with E-state index in [1.807, 2.05) is 0 Å². The fraction of sp³-hybridized carbons (Fsp3) is 0.200. The van der Waals surface area contributed by atoms with E-state index in [4.69, 9.17) is 5.84 Å². The molecule has 0 radical (unpaired) electrons. The molecule has 0 saturated heterocycles. The standard InChI is InChI=1S/C10H10BrFN4S/c1-6-14-15-10(16(6)13)17-5-7-2-3-8(11)4-9(7)12/h2-4H,5,13H2,1H3. The van der Waals surface area contributed by atoms with Crippen LogP contribution in [0.25, 0.3) is 0 Å². The highest BCUT2D eigenvalue weighted by Gasteiger charge is 2.09. The molecule has 4 nitrogen and oxygen atoms in total. The molecule has 2 N–H and O–H groups in total. The molecule has 0 bridgehead atoms. The Morgan fingerprint density at radius 3 is 2.82 bits per heavy atom. The Labute approximate surface area is 111 Å². The number of aryl methyl sites for hydroxylation is 1. The molecule has 1 heterocycles. The van der Waals surface area contributed by atoms with E-state index in [0.29, 0.717) is 22.3 Å². The van der Waals surface area contributed by atoms with E-state index < -0.39 is 0 Å². The Morgan fingerprint density at radius 1 is 1.47 bits per heavy atom. The van der Waals surface area contributed by atoms with Crippen LogP contribution in [0, 0.1) is 12.7 Å². The first kappa shape index (κ1) is 12.4. The normalized spacial score (nSPS) is 10.8. The van der Waals surface area contributed by atoms with E-state index in [1.165, 1.54) is 22.5 Å². The molecule has 0 atom stereocenters. The van der Waals surface area contributed by atoms with Gasteiger partial charge in [0, 0.05) is 10.2 Å². The summed E-state index contributed by atoms with van der Waals surface area (Å²) >= 11 is 4.56. The molecular weight excluding hydrogens is 307 g/mol. The lowest BCUT2D eigenvalue weighted by Crippen LogP contribution is -2.11. The Hall–Kier alpha value is -1.08. The van der Waals surface area contributed by atoms with Crippen LogP contribution in [0.1, 0.15) is 11.4 Å². The zero-order valence-electron chi connectivity index (χ0n) is 9.02. The SMILES string of the molecule is Cc1nnc(SCc2ccc(Br)cc2F)n1N. The summed E-state index contributed by atoms with van der Waals surface area (Å²) < 4.78 is 15.7. The van der Waals surface area contributed by atoms with Gasteiger partial charge >= 0.3 is 0 Å². The average Bonchev–Trinajstić information content (AvgIpc) is 2.59. The molecule has 90 valence electrons. The Balaban J connectivity index is 2.10. The number of nitrogen functional groups attached to an aromatic ring is 1. The highest BCUT2D eigenvalue weighted by Crippen LogP contribution is 2.23. The van der Waals surface area contributed by atoms with Crippen molar-refractivity contribution in [2.45, 2.75) is 17.8 Å². The summed E-state index contributed by atoms with van der Waals surface area (Å²) in [5, 5.41) is 8.30. The highest BCUT2D eigenvalue weighted by atomic mass is 79.9. The largest absolute Gasteiger partial charge is 0.336 e. The first-order chi connectivity index (χ1) is 8.08. The van der Waals surface area contributed by atoms with Crippen LogP contribution in [0.3, 0.4) is 0 Å². The summed E-state index contributed by atoms with van der Waals surface area (Å²) in [6, 6.07) is 4.97. The van der Waals surface area contributed by atoms with Gasteiger partial charge in [0.25, 0.3) is 0 Å². The van der Waals surface area contributed by atoms with Gasteiger partial charge < -0.3 is 5.84 Å². The van der Waals surface area contributed by atoms with Crippen LogP contribution in [-0.2, 0) is 5.75 Å². The molecule has 0 unspecified atom stereocenters.